The van der Waals surface area contributed by atoms with Gasteiger partial charge >= 0.3 is 0 Å². The molecule has 2 rings (SSSR count). The lowest BCUT2D eigenvalue weighted by Gasteiger charge is -2.18. The molecule has 0 aliphatic heterocycles. The molecule has 1 aromatic heterocycles. The fraction of sp³-hybridized carbons (Fsp3) is 0.214. The number of benzene rings is 1. The van der Waals surface area contributed by atoms with Crippen LogP contribution in [0.1, 0.15) is 17.3 Å². The molecule has 6 heteroatoms. The number of nitrogens with zero attached hydrogens (tertiary/aromatic N) is 1. The van der Waals surface area contributed by atoms with Crippen molar-refractivity contribution in [1.29, 1.82) is 0 Å². The summed E-state index contributed by atoms with van der Waals surface area (Å²) >= 11 is 11.9. The highest BCUT2D eigenvalue weighted by molar-refractivity contribution is 6.34. The second-order valence-corrected chi connectivity index (χ2v) is 5.11. The summed E-state index contributed by atoms with van der Waals surface area (Å²) in [6.45, 7) is 0. The van der Waals surface area contributed by atoms with Crippen molar-refractivity contribution in [3.8, 4) is 0 Å². The number of nitrogens with one attached hydrogen (secondary N) is 1. The third-order valence-corrected chi connectivity index (χ3v) is 3.49. The summed E-state index contributed by atoms with van der Waals surface area (Å²) in [4.78, 5) is 4.13. The first-order valence-electron chi connectivity index (χ1n) is 5.94. The number of rotatable bonds is 4. The largest absolute Gasteiger partial charge is 0.311 e. The number of pyridine rings is 1. The molecule has 1 N–H and O–H groups in total. The predicted molar refractivity (Wildman–Crippen MR) is 76.1 cm³/mol. The molecule has 0 aliphatic carbocycles. The molecule has 2 aromatic rings. The molecular formula is C14H12Cl2F2N2. The maximum Gasteiger partial charge on any atom is 0.129 e. The van der Waals surface area contributed by atoms with Crippen LogP contribution in [0.15, 0.2) is 30.5 Å². The molecule has 20 heavy (non-hydrogen) atoms. The van der Waals surface area contributed by atoms with Crippen LogP contribution in [0.5, 0.6) is 0 Å². The minimum Gasteiger partial charge on any atom is -0.311 e. The molecule has 0 aliphatic rings. The van der Waals surface area contributed by atoms with Gasteiger partial charge in [-0.2, -0.15) is 0 Å². The van der Waals surface area contributed by atoms with E-state index >= 15 is 0 Å². The first kappa shape index (κ1) is 15.2. The Balaban J connectivity index is 2.34. The minimum atomic E-state index is -0.588. The normalized spacial score (nSPS) is 12.4. The molecular weight excluding hydrogens is 305 g/mol. The van der Waals surface area contributed by atoms with E-state index < -0.39 is 17.7 Å². The van der Waals surface area contributed by atoms with E-state index in [1.165, 1.54) is 24.4 Å². The maximum absolute atomic E-state index is 13.7. The summed E-state index contributed by atoms with van der Waals surface area (Å²) in [5.41, 5.74) is 0.501. The van der Waals surface area contributed by atoms with E-state index in [-0.39, 0.29) is 12.0 Å². The Kier molecular flexibility index (Phi) is 4.91. The number of hydrogen-bond donors (Lipinski definition) is 1. The molecule has 0 spiro atoms. The van der Waals surface area contributed by atoms with Gasteiger partial charge in [0, 0.05) is 11.8 Å². The van der Waals surface area contributed by atoms with E-state index in [2.05, 4.69) is 10.3 Å². The summed E-state index contributed by atoms with van der Waals surface area (Å²) in [5.74, 6) is -1.18. The van der Waals surface area contributed by atoms with Crippen LogP contribution in [0.2, 0.25) is 10.0 Å². The molecule has 1 heterocycles. The SMILES string of the molecule is CNC(Cc1c(F)cccc1F)c1ncc(Cl)cc1Cl. The average molecular weight is 317 g/mol. The lowest BCUT2D eigenvalue weighted by atomic mass is 10.0. The third-order valence-electron chi connectivity index (χ3n) is 2.98. The van der Waals surface area contributed by atoms with E-state index in [9.17, 15) is 8.78 Å². The molecule has 0 saturated heterocycles. The second-order valence-electron chi connectivity index (χ2n) is 4.27. The predicted octanol–water partition coefficient (Wildman–Crippen LogP) is 4.17. The van der Waals surface area contributed by atoms with E-state index in [1.807, 2.05) is 0 Å². The van der Waals surface area contributed by atoms with Crippen LogP contribution in [-0.4, -0.2) is 12.0 Å². The standard InChI is InChI=1S/C14H12Cl2F2N2/c1-19-13(14-10(16)5-8(15)7-20-14)6-9-11(17)3-2-4-12(9)18/h2-5,7,13,19H,6H2,1H3. The van der Waals surface area contributed by atoms with Crippen molar-refractivity contribution in [2.45, 2.75) is 12.5 Å². The Morgan fingerprint density at radius 2 is 1.90 bits per heavy atom. The molecule has 106 valence electrons. The van der Waals surface area contributed by atoms with Crippen LogP contribution in [0.3, 0.4) is 0 Å². The van der Waals surface area contributed by atoms with Crippen molar-refractivity contribution in [2.75, 3.05) is 7.05 Å². The van der Waals surface area contributed by atoms with Gasteiger partial charge in [0.15, 0.2) is 0 Å². The Hall–Kier alpha value is -1.23. The quantitative estimate of drug-likeness (QED) is 0.915. The molecule has 0 saturated carbocycles. The van der Waals surface area contributed by atoms with Gasteiger partial charge in [0.05, 0.1) is 21.8 Å². The lowest BCUT2D eigenvalue weighted by Crippen LogP contribution is -2.21. The third kappa shape index (κ3) is 3.26. The number of likely N-dealkylation sites (N-methyl/N-ethyl adjacent to an activating group) is 1. The van der Waals surface area contributed by atoms with Gasteiger partial charge < -0.3 is 5.32 Å². The summed E-state index contributed by atoms with van der Waals surface area (Å²) in [6, 6.07) is 4.92. The van der Waals surface area contributed by atoms with Crippen molar-refractivity contribution < 1.29 is 8.78 Å². The Morgan fingerprint density at radius 1 is 1.25 bits per heavy atom. The molecule has 0 amide bonds. The van der Waals surface area contributed by atoms with Gasteiger partial charge in [0.2, 0.25) is 0 Å². The maximum atomic E-state index is 13.7. The highest BCUT2D eigenvalue weighted by Gasteiger charge is 2.19. The van der Waals surface area contributed by atoms with Crippen LogP contribution in [0.25, 0.3) is 0 Å². The van der Waals surface area contributed by atoms with Crippen LogP contribution in [-0.2, 0) is 6.42 Å². The minimum absolute atomic E-state index is 0.000309. The van der Waals surface area contributed by atoms with Gasteiger partial charge in [-0.25, -0.2) is 8.78 Å². The number of halogens is 4. The zero-order valence-electron chi connectivity index (χ0n) is 10.6. The molecule has 0 fully saturated rings. The fourth-order valence-electron chi connectivity index (χ4n) is 1.95. The van der Waals surface area contributed by atoms with Crippen molar-refractivity contribution in [1.82, 2.24) is 10.3 Å². The summed E-state index contributed by atoms with van der Waals surface area (Å²) in [6.07, 6.45) is 1.55. The zero-order valence-corrected chi connectivity index (χ0v) is 12.1. The average Bonchev–Trinajstić information content (AvgIpc) is 2.40. The molecule has 1 atom stereocenters. The fourth-order valence-corrected chi connectivity index (χ4v) is 2.46. The van der Waals surface area contributed by atoms with E-state index in [0.29, 0.717) is 15.7 Å². The van der Waals surface area contributed by atoms with Crippen molar-refractivity contribution >= 4 is 23.2 Å². The molecule has 0 bridgehead atoms. The van der Waals surface area contributed by atoms with Gasteiger partial charge in [-0.15, -0.1) is 0 Å². The topological polar surface area (TPSA) is 24.9 Å². The number of aromatic nitrogens is 1. The monoisotopic (exact) mass is 316 g/mol. The zero-order chi connectivity index (χ0) is 14.7. The summed E-state index contributed by atoms with van der Waals surface area (Å²) < 4.78 is 27.4. The first-order valence-corrected chi connectivity index (χ1v) is 6.69. The summed E-state index contributed by atoms with van der Waals surface area (Å²) in [5, 5.41) is 3.72. The van der Waals surface area contributed by atoms with Gasteiger partial charge in [-0.3, -0.25) is 4.98 Å². The van der Waals surface area contributed by atoms with Crippen LogP contribution >= 0.6 is 23.2 Å². The van der Waals surface area contributed by atoms with Gasteiger partial charge in [-0.05, 0) is 31.7 Å². The smallest absolute Gasteiger partial charge is 0.129 e. The summed E-state index contributed by atoms with van der Waals surface area (Å²) in [7, 11) is 1.68. The van der Waals surface area contributed by atoms with Gasteiger partial charge in [-0.1, -0.05) is 29.3 Å². The Bertz CT molecular complexity index is 600. The van der Waals surface area contributed by atoms with E-state index in [0.717, 1.165) is 0 Å². The molecule has 1 unspecified atom stereocenters. The van der Waals surface area contributed by atoms with Gasteiger partial charge in [0.25, 0.3) is 0 Å². The lowest BCUT2D eigenvalue weighted by molar-refractivity contribution is 0.509. The number of hydrogen-bond acceptors (Lipinski definition) is 2. The first-order chi connectivity index (χ1) is 9.52. The second kappa shape index (κ2) is 6.48. The van der Waals surface area contributed by atoms with Crippen LogP contribution in [0, 0.1) is 11.6 Å². The van der Waals surface area contributed by atoms with Crippen molar-refractivity contribution in [2.24, 2.45) is 0 Å². The van der Waals surface area contributed by atoms with Crippen molar-refractivity contribution in [3.05, 3.63) is 63.4 Å². The van der Waals surface area contributed by atoms with E-state index in [4.69, 9.17) is 23.2 Å². The van der Waals surface area contributed by atoms with Crippen molar-refractivity contribution in [3.63, 3.8) is 0 Å². The Morgan fingerprint density at radius 3 is 2.45 bits per heavy atom. The van der Waals surface area contributed by atoms with Crippen LogP contribution < -0.4 is 5.32 Å². The molecule has 0 radical (unpaired) electrons. The molecule has 1 aromatic carbocycles. The van der Waals surface area contributed by atoms with E-state index in [1.54, 1.807) is 13.1 Å². The Labute approximate surface area is 125 Å². The van der Waals surface area contributed by atoms with Crippen LogP contribution in [0.4, 0.5) is 8.78 Å². The molecule has 2 nitrogen and oxygen atoms in total. The van der Waals surface area contributed by atoms with Gasteiger partial charge in [0.1, 0.15) is 11.6 Å². The highest BCUT2D eigenvalue weighted by atomic mass is 35.5. The highest BCUT2D eigenvalue weighted by Crippen LogP contribution is 2.27.